The van der Waals surface area contributed by atoms with E-state index < -0.39 is 0 Å². The second-order valence-electron chi connectivity index (χ2n) is 4.87. The van der Waals surface area contributed by atoms with Crippen molar-refractivity contribution in [1.29, 1.82) is 0 Å². The number of aliphatic imine (C=N–C) groups is 1. The minimum absolute atomic E-state index is 0.172. The minimum Gasteiger partial charge on any atom is -0.305 e. The molecular formula is C17H13BrN2O. The molecule has 1 heterocycles. The summed E-state index contributed by atoms with van der Waals surface area (Å²) in [6.07, 6.45) is 1.78. The molecule has 104 valence electrons. The molecule has 1 amide bonds. The zero-order valence-corrected chi connectivity index (χ0v) is 13.0. The fraction of sp³-hybridized carbons (Fsp3) is 0.0588. The van der Waals surface area contributed by atoms with E-state index in [4.69, 9.17) is 0 Å². The number of nitrogens with one attached hydrogen (secondary N) is 1. The number of nitrogens with zero attached hydrogens (tertiary/aromatic N) is 1. The second kappa shape index (κ2) is 5.66. The predicted octanol–water partition coefficient (Wildman–Crippen LogP) is 3.68. The smallest absolute Gasteiger partial charge is 0.275 e. The van der Waals surface area contributed by atoms with E-state index in [-0.39, 0.29) is 5.91 Å². The highest BCUT2D eigenvalue weighted by atomic mass is 79.9. The molecule has 1 aliphatic heterocycles. The lowest BCUT2D eigenvalue weighted by atomic mass is 10.1. The summed E-state index contributed by atoms with van der Waals surface area (Å²) >= 11 is 3.39. The molecule has 2 aromatic carbocycles. The van der Waals surface area contributed by atoms with Crippen molar-refractivity contribution in [2.75, 3.05) is 0 Å². The summed E-state index contributed by atoms with van der Waals surface area (Å²) in [6, 6.07) is 15.6. The highest BCUT2D eigenvalue weighted by Gasteiger charge is 2.20. The van der Waals surface area contributed by atoms with E-state index in [0.29, 0.717) is 11.5 Å². The molecule has 0 atom stereocenters. The number of rotatable bonds is 2. The van der Waals surface area contributed by atoms with Gasteiger partial charge in [-0.15, -0.1) is 0 Å². The number of carbonyl (C=O) groups excluding carboxylic acids is 1. The zero-order chi connectivity index (χ0) is 14.8. The van der Waals surface area contributed by atoms with Crippen molar-refractivity contribution in [2.24, 2.45) is 4.99 Å². The van der Waals surface area contributed by atoms with E-state index >= 15 is 0 Å². The van der Waals surface area contributed by atoms with Gasteiger partial charge in [0.05, 0.1) is 0 Å². The van der Waals surface area contributed by atoms with E-state index in [1.165, 1.54) is 0 Å². The van der Waals surface area contributed by atoms with Crippen LogP contribution in [0.2, 0.25) is 0 Å². The molecule has 21 heavy (non-hydrogen) atoms. The minimum atomic E-state index is -0.172. The SMILES string of the molecule is Cc1cccc(C2=N/C(=C/c3ccc(Br)cc3)C(=O)N2)c1. The van der Waals surface area contributed by atoms with Crippen molar-refractivity contribution in [3.8, 4) is 0 Å². The van der Waals surface area contributed by atoms with Gasteiger partial charge in [-0.2, -0.15) is 0 Å². The standard InChI is InChI=1S/C17H13BrN2O/c1-11-3-2-4-13(9-11)16-19-15(17(21)20-16)10-12-5-7-14(18)8-6-12/h2-10H,1H3,(H,19,20,21)/b15-10+. The molecule has 0 spiro atoms. The average Bonchev–Trinajstić information content (AvgIpc) is 2.83. The molecule has 0 saturated heterocycles. The van der Waals surface area contributed by atoms with Crippen molar-refractivity contribution in [1.82, 2.24) is 5.32 Å². The van der Waals surface area contributed by atoms with Gasteiger partial charge >= 0.3 is 0 Å². The van der Waals surface area contributed by atoms with Gasteiger partial charge in [-0.25, -0.2) is 4.99 Å². The zero-order valence-electron chi connectivity index (χ0n) is 11.4. The van der Waals surface area contributed by atoms with Gasteiger partial charge in [0, 0.05) is 10.0 Å². The lowest BCUT2D eigenvalue weighted by molar-refractivity contribution is -0.115. The summed E-state index contributed by atoms with van der Waals surface area (Å²) in [5.74, 6) is 0.432. The van der Waals surface area contributed by atoms with E-state index in [9.17, 15) is 4.79 Å². The molecule has 0 saturated carbocycles. The third-order valence-corrected chi connectivity index (χ3v) is 3.69. The van der Waals surface area contributed by atoms with Gasteiger partial charge in [-0.1, -0.05) is 51.8 Å². The van der Waals surface area contributed by atoms with Gasteiger partial charge in [-0.3, -0.25) is 4.79 Å². The van der Waals surface area contributed by atoms with Gasteiger partial charge < -0.3 is 5.32 Å². The van der Waals surface area contributed by atoms with Crippen molar-refractivity contribution in [2.45, 2.75) is 6.92 Å². The van der Waals surface area contributed by atoms with Crippen LogP contribution >= 0.6 is 15.9 Å². The summed E-state index contributed by atoms with van der Waals surface area (Å²) < 4.78 is 1.00. The maximum Gasteiger partial charge on any atom is 0.275 e. The van der Waals surface area contributed by atoms with Crippen molar-refractivity contribution in [3.63, 3.8) is 0 Å². The van der Waals surface area contributed by atoms with Crippen LogP contribution in [0.4, 0.5) is 0 Å². The van der Waals surface area contributed by atoms with Crippen LogP contribution in [-0.2, 0) is 4.79 Å². The van der Waals surface area contributed by atoms with Crippen LogP contribution < -0.4 is 5.32 Å². The Kier molecular flexibility index (Phi) is 3.71. The fourth-order valence-electron chi connectivity index (χ4n) is 2.11. The lowest BCUT2D eigenvalue weighted by Gasteiger charge is -2.00. The molecule has 1 aliphatic rings. The lowest BCUT2D eigenvalue weighted by Crippen LogP contribution is -2.24. The van der Waals surface area contributed by atoms with E-state index in [0.717, 1.165) is 21.2 Å². The third kappa shape index (κ3) is 3.11. The van der Waals surface area contributed by atoms with E-state index in [1.807, 2.05) is 55.5 Å². The van der Waals surface area contributed by atoms with Gasteiger partial charge in [0.15, 0.2) is 0 Å². The maximum absolute atomic E-state index is 12.0. The summed E-state index contributed by atoms with van der Waals surface area (Å²) in [5.41, 5.74) is 3.42. The van der Waals surface area contributed by atoms with Crippen molar-refractivity contribution < 1.29 is 4.79 Å². The van der Waals surface area contributed by atoms with Crippen LogP contribution in [0, 0.1) is 6.92 Å². The molecule has 3 nitrogen and oxygen atoms in total. The summed E-state index contributed by atoms with van der Waals surface area (Å²) in [6.45, 7) is 2.01. The highest BCUT2D eigenvalue weighted by Crippen LogP contribution is 2.17. The monoisotopic (exact) mass is 340 g/mol. The number of hydrogen-bond donors (Lipinski definition) is 1. The molecule has 3 rings (SSSR count). The number of carbonyl (C=O) groups is 1. The Labute approximate surface area is 131 Å². The first-order chi connectivity index (χ1) is 10.1. The Morgan fingerprint density at radius 1 is 1.14 bits per heavy atom. The Bertz CT molecular complexity index is 761. The summed E-state index contributed by atoms with van der Waals surface area (Å²) in [4.78, 5) is 16.4. The molecule has 0 bridgehead atoms. The molecule has 0 unspecified atom stereocenters. The number of aryl methyl sites for hydroxylation is 1. The molecule has 0 aromatic heterocycles. The Balaban J connectivity index is 1.93. The molecule has 0 aliphatic carbocycles. The van der Waals surface area contributed by atoms with Crippen molar-refractivity contribution in [3.05, 3.63) is 75.4 Å². The number of hydrogen-bond acceptors (Lipinski definition) is 2. The third-order valence-electron chi connectivity index (χ3n) is 3.16. The van der Waals surface area contributed by atoms with Crippen LogP contribution in [0.25, 0.3) is 6.08 Å². The highest BCUT2D eigenvalue weighted by molar-refractivity contribution is 9.10. The molecule has 0 fully saturated rings. The summed E-state index contributed by atoms with van der Waals surface area (Å²) in [7, 11) is 0. The van der Waals surface area contributed by atoms with Gasteiger partial charge in [0.25, 0.3) is 5.91 Å². The number of halogens is 1. The molecular weight excluding hydrogens is 328 g/mol. The fourth-order valence-corrected chi connectivity index (χ4v) is 2.38. The van der Waals surface area contributed by atoms with E-state index in [1.54, 1.807) is 6.08 Å². The van der Waals surface area contributed by atoms with Crippen LogP contribution in [-0.4, -0.2) is 11.7 Å². The Hall–Kier alpha value is -2.20. The average molecular weight is 341 g/mol. The molecule has 1 N–H and O–H groups in total. The Morgan fingerprint density at radius 2 is 1.90 bits per heavy atom. The Morgan fingerprint density at radius 3 is 2.62 bits per heavy atom. The van der Waals surface area contributed by atoms with Crippen molar-refractivity contribution >= 4 is 33.7 Å². The van der Waals surface area contributed by atoms with Gasteiger partial charge in [0.1, 0.15) is 11.5 Å². The first-order valence-electron chi connectivity index (χ1n) is 6.56. The second-order valence-corrected chi connectivity index (χ2v) is 5.78. The summed E-state index contributed by atoms with van der Waals surface area (Å²) in [5, 5.41) is 2.81. The number of benzene rings is 2. The molecule has 4 heteroatoms. The number of amidine groups is 1. The van der Waals surface area contributed by atoms with Gasteiger partial charge in [0.2, 0.25) is 0 Å². The first-order valence-corrected chi connectivity index (χ1v) is 7.35. The first kappa shape index (κ1) is 13.8. The predicted molar refractivity (Wildman–Crippen MR) is 88.0 cm³/mol. The molecule has 0 radical (unpaired) electrons. The maximum atomic E-state index is 12.0. The quantitative estimate of drug-likeness (QED) is 0.832. The topological polar surface area (TPSA) is 41.5 Å². The van der Waals surface area contributed by atoms with Crippen LogP contribution in [0.3, 0.4) is 0 Å². The van der Waals surface area contributed by atoms with Crippen LogP contribution in [0.15, 0.2) is 63.7 Å². The van der Waals surface area contributed by atoms with Gasteiger partial charge in [-0.05, 0) is 36.8 Å². The van der Waals surface area contributed by atoms with Crippen LogP contribution in [0.5, 0.6) is 0 Å². The number of amides is 1. The van der Waals surface area contributed by atoms with Crippen LogP contribution in [0.1, 0.15) is 16.7 Å². The molecule has 2 aromatic rings. The van der Waals surface area contributed by atoms with E-state index in [2.05, 4.69) is 26.2 Å². The normalized spacial score (nSPS) is 16.0. The largest absolute Gasteiger partial charge is 0.305 e.